The average Bonchev–Trinajstić information content (AvgIpc) is 2.53. The molecule has 0 aliphatic heterocycles. The van der Waals surface area contributed by atoms with E-state index in [0.29, 0.717) is 11.0 Å². The fourth-order valence-corrected chi connectivity index (χ4v) is 2.73. The molecule has 1 heterocycles. The first kappa shape index (κ1) is 12.0. The molecule has 0 N–H and O–H groups in total. The van der Waals surface area contributed by atoms with Gasteiger partial charge in [-0.15, -0.1) is 0 Å². The van der Waals surface area contributed by atoms with Gasteiger partial charge in [-0.05, 0) is 41.1 Å². The lowest BCUT2D eigenvalue weighted by molar-refractivity contribution is 0.415. The third kappa shape index (κ3) is 1.78. The second-order valence-electron chi connectivity index (χ2n) is 5.00. The molecular formula is C18H12O3. The minimum absolute atomic E-state index is 0.304. The van der Waals surface area contributed by atoms with Crippen LogP contribution in [0.25, 0.3) is 32.5 Å². The summed E-state index contributed by atoms with van der Waals surface area (Å²) < 4.78 is 10.7. The van der Waals surface area contributed by atoms with Crippen LogP contribution in [0.4, 0.5) is 0 Å². The number of hydrogen-bond acceptors (Lipinski definition) is 3. The van der Waals surface area contributed by atoms with Gasteiger partial charge in [-0.1, -0.05) is 24.3 Å². The van der Waals surface area contributed by atoms with Gasteiger partial charge in [-0.25, -0.2) is 4.79 Å². The molecule has 3 heteroatoms. The molecule has 4 rings (SSSR count). The van der Waals surface area contributed by atoms with Crippen molar-refractivity contribution in [1.82, 2.24) is 0 Å². The SMILES string of the molecule is COc1ccc2cc3c(=O)oc4ccccc4c3cc2c1. The van der Waals surface area contributed by atoms with Crippen LogP contribution in [0.5, 0.6) is 5.75 Å². The molecule has 0 bridgehead atoms. The summed E-state index contributed by atoms with van der Waals surface area (Å²) >= 11 is 0. The number of ether oxygens (including phenoxy) is 1. The van der Waals surface area contributed by atoms with Crippen LogP contribution in [-0.4, -0.2) is 7.11 Å². The topological polar surface area (TPSA) is 39.4 Å². The molecular weight excluding hydrogens is 264 g/mol. The molecule has 0 fully saturated rings. The molecule has 0 saturated carbocycles. The smallest absolute Gasteiger partial charge is 0.344 e. The van der Waals surface area contributed by atoms with Gasteiger partial charge in [0.25, 0.3) is 0 Å². The van der Waals surface area contributed by atoms with Crippen molar-refractivity contribution in [2.75, 3.05) is 7.11 Å². The van der Waals surface area contributed by atoms with Crippen LogP contribution < -0.4 is 10.4 Å². The van der Waals surface area contributed by atoms with Gasteiger partial charge in [0.1, 0.15) is 11.3 Å². The fourth-order valence-electron chi connectivity index (χ4n) is 2.73. The number of para-hydroxylation sites is 1. The molecule has 3 aromatic carbocycles. The second kappa shape index (κ2) is 4.35. The van der Waals surface area contributed by atoms with E-state index in [0.717, 1.165) is 27.3 Å². The van der Waals surface area contributed by atoms with Gasteiger partial charge in [0.15, 0.2) is 0 Å². The molecule has 0 spiro atoms. The Bertz CT molecular complexity index is 1040. The number of methoxy groups -OCH3 is 1. The maximum absolute atomic E-state index is 12.2. The molecule has 0 unspecified atom stereocenters. The Morgan fingerprint density at radius 3 is 2.52 bits per heavy atom. The number of benzene rings is 3. The molecule has 102 valence electrons. The number of rotatable bonds is 1. The van der Waals surface area contributed by atoms with Crippen LogP contribution in [0.2, 0.25) is 0 Å². The molecule has 21 heavy (non-hydrogen) atoms. The molecule has 1 aromatic heterocycles. The third-order valence-corrected chi connectivity index (χ3v) is 3.78. The minimum Gasteiger partial charge on any atom is -0.497 e. The zero-order valence-electron chi connectivity index (χ0n) is 11.4. The lowest BCUT2D eigenvalue weighted by Crippen LogP contribution is -1.99. The summed E-state index contributed by atoms with van der Waals surface area (Å²) in [6.07, 6.45) is 0. The van der Waals surface area contributed by atoms with Crippen molar-refractivity contribution >= 4 is 32.5 Å². The quantitative estimate of drug-likeness (QED) is 0.298. The van der Waals surface area contributed by atoms with Gasteiger partial charge < -0.3 is 9.15 Å². The first-order valence-electron chi connectivity index (χ1n) is 6.69. The Hall–Kier alpha value is -2.81. The monoisotopic (exact) mass is 276 g/mol. The molecule has 4 aromatic rings. The van der Waals surface area contributed by atoms with E-state index in [1.165, 1.54) is 0 Å². The maximum atomic E-state index is 12.2. The van der Waals surface area contributed by atoms with Crippen molar-refractivity contribution in [3.05, 3.63) is 65.0 Å². The van der Waals surface area contributed by atoms with Crippen molar-refractivity contribution < 1.29 is 9.15 Å². The van der Waals surface area contributed by atoms with E-state index in [-0.39, 0.29) is 5.63 Å². The van der Waals surface area contributed by atoms with Crippen molar-refractivity contribution in [3.8, 4) is 5.75 Å². The summed E-state index contributed by atoms with van der Waals surface area (Å²) in [5, 5.41) is 4.48. The molecule has 0 atom stereocenters. The Kier molecular flexibility index (Phi) is 2.48. The van der Waals surface area contributed by atoms with E-state index < -0.39 is 0 Å². The van der Waals surface area contributed by atoms with Crippen LogP contribution in [0, 0.1) is 0 Å². The van der Waals surface area contributed by atoms with Gasteiger partial charge >= 0.3 is 5.63 Å². The van der Waals surface area contributed by atoms with Gasteiger partial charge in [0.05, 0.1) is 12.5 Å². The first-order chi connectivity index (χ1) is 10.3. The second-order valence-corrected chi connectivity index (χ2v) is 5.00. The predicted octanol–water partition coefficient (Wildman–Crippen LogP) is 4.11. The van der Waals surface area contributed by atoms with Crippen molar-refractivity contribution in [3.63, 3.8) is 0 Å². The Labute approximate surface area is 120 Å². The number of hydrogen-bond donors (Lipinski definition) is 0. The van der Waals surface area contributed by atoms with Crippen LogP contribution in [0.15, 0.2) is 63.8 Å². The van der Waals surface area contributed by atoms with Crippen LogP contribution >= 0.6 is 0 Å². The van der Waals surface area contributed by atoms with Gasteiger partial charge in [0.2, 0.25) is 0 Å². The third-order valence-electron chi connectivity index (χ3n) is 3.78. The molecule has 3 nitrogen and oxygen atoms in total. The van der Waals surface area contributed by atoms with Crippen LogP contribution in [-0.2, 0) is 0 Å². The summed E-state index contributed by atoms with van der Waals surface area (Å²) in [5.41, 5.74) is 0.304. The predicted molar refractivity (Wildman–Crippen MR) is 84.0 cm³/mol. The number of fused-ring (bicyclic) bond motifs is 4. The van der Waals surface area contributed by atoms with Crippen molar-refractivity contribution in [1.29, 1.82) is 0 Å². The zero-order valence-corrected chi connectivity index (χ0v) is 11.4. The van der Waals surface area contributed by atoms with Gasteiger partial charge in [-0.3, -0.25) is 0 Å². The fraction of sp³-hybridized carbons (Fsp3) is 0.0556. The van der Waals surface area contributed by atoms with Gasteiger partial charge in [-0.2, -0.15) is 0 Å². The van der Waals surface area contributed by atoms with Crippen molar-refractivity contribution in [2.45, 2.75) is 0 Å². The molecule has 0 amide bonds. The van der Waals surface area contributed by atoms with Crippen molar-refractivity contribution in [2.24, 2.45) is 0 Å². The highest BCUT2D eigenvalue weighted by Gasteiger charge is 2.08. The normalized spacial score (nSPS) is 11.3. The first-order valence-corrected chi connectivity index (χ1v) is 6.69. The highest BCUT2D eigenvalue weighted by molar-refractivity contribution is 6.09. The van der Waals surface area contributed by atoms with Crippen LogP contribution in [0.3, 0.4) is 0 Å². The summed E-state index contributed by atoms with van der Waals surface area (Å²) in [6.45, 7) is 0. The zero-order chi connectivity index (χ0) is 14.4. The van der Waals surface area contributed by atoms with Gasteiger partial charge in [0, 0.05) is 10.8 Å². The molecule has 0 saturated heterocycles. The lowest BCUT2D eigenvalue weighted by atomic mass is 10.0. The summed E-state index contributed by atoms with van der Waals surface area (Å²) in [5.74, 6) is 0.800. The highest BCUT2D eigenvalue weighted by atomic mass is 16.5. The molecule has 0 aliphatic carbocycles. The Morgan fingerprint density at radius 1 is 0.857 bits per heavy atom. The summed E-state index contributed by atoms with van der Waals surface area (Å²) in [7, 11) is 1.65. The standard InChI is InChI=1S/C18H12O3/c1-20-13-7-6-11-9-16-15(10-12(11)8-13)14-4-2-3-5-17(14)21-18(16)19/h2-10H,1H3. The Balaban J connectivity index is 2.23. The van der Waals surface area contributed by atoms with E-state index >= 15 is 0 Å². The summed E-state index contributed by atoms with van der Waals surface area (Å²) in [6, 6.07) is 17.3. The van der Waals surface area contributed by atoms with E-state index in [1.54, 1.807) is 7.11 Å². The minimum atomic E-state index is -0.304. The highest BCUT2D eigenvalue weighted by Crippen LogP contribution is 2.29. The van der Waals surface area contributed by atoms with Crippen LogP contribution in [0.1, 0.15) is 0 Å². The lowest BCUT2D eigenvalue weighted by Gasteiger charge is -2.06. The maximum Gasteiger partial charge on any atom is 0.344 e. The molecule has 0 aliphatic rings. The average molecular weight is 276 g/mol. The van der Waals surface area contributed by atoms with E-state index in [4.69, 9.17) is 9.15 Å². The largest absolute Gasteiger partial charge is 0.497 e. The molecule has 0 radical (unpaired) electrons. The van der Waals surface area contributed by atoms with E-state index in [2.05, 4.69) is 0 Å². The summed E-state index contributed by atoms with van der Waals surface area (Å²) in [4.78, 5) is 12.2. The Morgan fingerprint density at radius 2 is 1.67 bits per heavy atom. The van der Waals surface area contributed by atoms with E-state index in [9.17, 15) is 4.79 Å². The van der Waals surface area contributed by atoms with E-state index in [1.807, 2.05) is 54.6 Å².